The molecule has 1 aromatic rings. The van der Waals surface area contributed by atoms with Gasteiger partial charge in [0.2, 0.25) is 0 Å². The fourth-order valence-electron chi connectivity index (χ4n) is 1.13. The van der Waals surface area contributed by atoms with E-state index in [0.717, 1.165) is 12.8 Å². The van der Waals surface area contributed by atoms with E-state index in [2.05, 4.69) is 56.5 Å². The van der Waals surface area contributed by atoms with Crippen molar-refractivity contribution >= 4 is 5.97 Å². The molecule has 3 nitrogen and oxygen atoms in total. The van der Waals surface area contributed by atoms with Crippen LogP contribution in [0, 0.1) is 0 Å². The molecule has 3 N–H and O–H groups in total. The van der Waals surface area contributed by atoms with Crippen molar-refractivity contribution in [3.05, 3.63) is 48.0 Å². The van der Waals surface area contributed by atoms with E-state index < -0.39 is 5.97 Å². The largest absolute Gasteiger partial charge is 1.00 e. The lowest BCUT2D eigenvalue weighted by atomic mass is 9.97. The number of carbonyl (C=O) groups is 1. The Morgan fingerprint density at radius 3 is 2.05 bits per heavy atom. The van der Waals surface area contributed by atoms with Crippen LogP contribution in [-0.2, 0) is 11.2 Å². The van der Waals surface area contributed by atoms with Gasteiger partial charge in [-0.1, -0.05) is 36.9 Å². The van der Waals surface area contributed by atoms with Crippen molar-refractivity contribution in [1.29, 1.82) is 0 Å². The van der Waals surface area contributed by atoms with Crippen LogP contribution in [-0.4, -0.2) is 11.5 Å². The van der Waals surface area contributed by atoms with Crippen LogP contribution in [0.4, 0.5) is 0 Å². The molecule has 0 amide bonds. The van der Waals surface area contributed by atoms with Crippen LogP contribution in [0.5, 0.6) is 0 Å². The molecule has 0 atom stereocenters. The summed E-state index contributed by atoms with van der Waals surface area (Å²) in [7, 11) is 0. The number of rotatable bonds is 4. The first-order valence-corrected chi connectivity index (χ1v) is 5.98. The first-order valence-electron chi connectivity index (χ1n) is 5.98. The number of carboxylic acids is 1. The molecule has 0 aliphatic rings. The van der Waals surface area contributed by atoms with Crippen molar-refractivity contribution in [2.75, 3.05) is 0 Å². The molecule has 0 spiro atoms. The fraction of sp³-hybridized carbons (Fsp3) is 0.400. The van der Waals surface area contributed by atoms with Crippen molar-refractivity contribution in [1.82, 2.24) is 0 Å². The molecule has 0 aliphatic heterocycles. The molecule has 19 heavy (non-hydrogen) atoms. The molecule has 0 fully saturated rings. The van der Waals surface area contributed by atoms with E-state index in [1.165, 1.54) is 12.5 Å². The summed E-state index contributed by atoms with van der Waals surface area (Å²) in [5, 5.41) is 9.49. The number of aliphatic carboxylic acids is 1. The summed E-state index contributed by atoms with van der Waals surface area (Å²) in [6, 6.07) is 10.6. The quantitative estimate of drug-likeness (QED) is 0.647. The summed E-state index contributed by atoms with van der Waals surface area (Å²) in [6.07, 6.45) is 2.29. The second-order valence-electron chi connectivity index (χ2n) is 5.22. The van der Waals surface area contributed by atoms with Crippen LogP contribution >= 0.6 is 0 Å². The minimum Gasteiger partial charge on any atom is -1.00 e. The zero-order valence-corrected chi connectivity index (χ0v) is 12.7. The van der Waals surface area contributed by atoms with Crippen LogP contribution in [0.25, 0.3) is 0 Å². The van der Waals surface area contributed by atoms with Gasteiger partial charge in [0.05, 0.1) is 11.5 Å². The summed E-state index contributed by atoms with van der Waals surface area (Å²) >= 11 is 0. The van der Waals surface area contributed by atoms with E-state index in [1.807, 2.05) is 0 Å². The number of aryl methyl sites for hydroxylation is 1. The standard InChI is InChI=1S/C11H17N.C4H6O2.ClH/c1-11(2,12)9-8-10-6-4-3-5-7-10;1-3(2)4(5)6;/h3-7H,8-9,12H2,1-2H3;1H2,2H3,(H,5,6);1H/p-1. The molecule has 0 saturated carbocycles. The van der Waals surface area contributed by atoms with E-state index in [1.54, 1.807) is 0 Å². The van der Waals surface area contributed by atoms with Gasteiger partial charge >= 0.3 is 0 Å². The van der Waals surface area contributed by atoms with Gasteiger partial charge in [0.1, 0.15) is 0 Å². The molecule has 0 aromatic heterocycles. The van der Waals surface area contributed by atoms with Crippen LogP contribution in [0.2, 0.25) is 0 Å². The molecule has 0 saturated heterocycles. The van der Waals surface area contributed by atoms with Crippen molar-refractivity contribution < 1.29 is 28.0 Å². The van der Waals surface area contributed by atoms with Gasteiger partial charge in [-0.25, -0.2) is 0 Å². The van der Waals surface area contributed by atoms with Crippen LogP contribution < -0.4 is 23.2 Å². The average molecular weight is 285 g/mol. The predicted octanol–water partition coefficient (Wildman–Crippen LogP) is -2.04. The smallest absolute Gasteiger partial charge is 0.0892 e. The SMILES string of the molecule is C=C(C)C(=O)[O-].CC(C)([NH3+])CCc1ccccc1.[Cl-]. The number of hydrogen-bond donors (Lipinski definition) is 1. The molecule has 4 heteroatoms. The van der Waals surface area contributed by atoms with Crippen molar-refractivity contribution in [3.63, 3.8) is 0 Å². The maximum atomic E-state index is 9.49. The molecule has 0 heterocycles. The van der Waals surface area contributed by atoms with Gasteiger partial charge < -0.3 is 28.0 Å². The van der Waals surface area contributed by atoms with Gasteiger partial charge in [-0.3, -0.25) is 0 Å². The maximum Gasteiger partial charge on any atom is 0.0892 e. The summed E-state index contributed by atoms with van der Waals surface area (Å²) in [6.45, 7) is 8.83. The Kier molecular flexibility index (Phi) is 10.1. The summed E-state index contributed by atoms with van der Waals surface area (Å²) in [5.74, 6) is -1.19. The van der Waals surface area contributed by atoms with Gasteiger partial charge in [-0.15, -0.1) is 0 Å². The van der Waals surface area contributed by atoms with Crippen molar-refractivity contribution in [2.24, 2.45) is 0 Å². The van der Waals surface area contributed by atoms with Crippen LogP contribution in [0.15, 0.2) is 42.5 Å². The lowest BCUT2D eigenvalue weighted by Crippen LogP contribution is -3.00. The fourth-order valence-corrected chi connectivity index (χ4v) is 1.13. The Labute approximate surface area is 121 Å². The Hall–Kier alpha value is -1.32. The van der Waals surface area contributed by atoms with Gasteiger partial charge in [0, 0.05) is 6.42 Å². The second-order valence-corrected chi connectivity index (χ2v) is 5.22. The number of quaternary nitrogens is 1. The van der Waals surface area contributed by atoms with Gasteiger partial charge in [-0.2, -0.15) is 0 Å². The number of halogens is 1. The average Bonchev–Trinajstić information content (AvgIpc) is 2.27. The van der Waals surface area contributed by atoms with Gasteiger partial charge in [-0.05, 0) is 38.3 Å². The minimum atomic E-state index is -1.19. The number of benzene rings is 1. The van der Waals surface area contributed by atoms with Crippen LogP contribution in [0.3, 0.4) is 0 Å². The Balaban J connectivity index is 0. The van der Waals surface area contributed by atoms with E-state index in [4.69, 9.17) is 0 Å². The third kappa shape index (κ3) is 12.9. The Bertz CT molecular complexity index is 371. The number of carbonyl (C=O) groups excluding carboxylic acids is 1. The summed E-state index contributed by atoms with van der Waals surface area (Å²) in [4.78, 5) is 9.49. The maximum absolute atomic E-state index is 9.49. The van der Waals surface area contributed by atoms with E-state index in [0.29, 0.717) is 0 Å². The second kappa shape index (κ2) is 9.59. The van der Waals surface area contributed by atoms with Crippen molar-refractivity contribution in [3.8, 4) is 0 Å². The molecule has 108 valence electrons. The minimum absolute atomic E-state index is 0. The molecule has 0 radical (unpaired) electrons. The highest BCUT2D eigenvalue weighted by atomic mass is 35.5. The van der Waals surface area contributed by atoms with E-state index >= 15 is 0 Å². The Morgan fingerprint density at radius 1 is 1.32 bits per heavy atom. The first kappa shape index (κ1) is 20.0. The monoisotopic (exact) mass is 284 g/mol. The molecular weight excluding hydrogens is 262 g/mol. The predicted molar refractivity (Wildman–Crippen MR) is 71.6 cm³/mol. The van der Waals surface area contributed by atoms with E-state index in [9.17, 15) is 9.90 Å². The molecular formula is C15H23ClNO2-. The zero-order valence-electron chi connectivity index (χ0n) is 11.9. The highest BCUT2D eigenvalue weighted by molar-refractivity contribution is 5.82. The lowest BCUT2D eigenvalue weighted by Gasteiger charge is -2.13. The molecule has 0 unspecified atom stereocenters. The highest BCUT2D eigenvalue weighted by Crippen LogP contribution is 2.08. The summed E-state index contributed by atoms with van der Waals surface area (Å²) in [5.41, 5.74) is 5.77. The van der Waals surface area contributed by atoms with Gasteiger partial charge in [0.15, 0.2) is 0 Å². The number of carboxylic acid groups (broad SMARTS) is 1. The van der Waals surface area contributed by atoms with Crippen molar-refractivity contribution in [2.45, 2.75) is 39.2 Å². The molecule has 1 aromatic carbocycles. The zero-order chi connectivity index (χ0) is 14.2. The normalized spacial score (nSPS) is 9.68. The Morgan fingerprint density at radius 2 is 1.74 bits per heavy atom. The topological polar surface area (TPSA) is 67.8 Å². The lowest BCUT2D eigenvalue weighted by molar-refractivity contribution is -0.467. The third-order valence-corrected chi connectivity index (χ3v) is 2.28. The molecule has 0 aliphatic carbocycles. The summed E-state index contributed by atoms with van der Waals surface area (Å²) < 4.78 is 0. The van der Waals surface area contributed by atoms with Crippen LogP contribution in [0.1, 0.15) is 32.8 Å². The van der Waals surface area contributed by atoms with E-state index in [-0.39, 0.29) is 23.5 Å². The third-order valence-electron chi connectivity index (χ3n) is 2.28. The molecule has 1 rings (SSSR count). The number of hydrogen-bond acceptors (Lipinski definition) is 2. The molecule has 0 bridgehead atoms. The first-order chi connectivity index (χ1) is 8.22. The van der Waals surface area contributed by atoms with Gasteiger partial charge in [0.25, 0.3) is 0 Å². The highest BCUT2D eigenvalue weighted by Gasteiger charge is 2.13.